The summed E-state index contributed by atoms with van der Waals surface area (Å²) in [5, 5.41) is 0. The van der Waals surface area contributed by atoms with Crippen LogP contribution in [0, 0.1) is 0 Å². The first-order valence-electron chi connectivity index (χ1n) is 8.03. The Morgan fingerprint density at radius 1 is 1.09 bits per heavy atom. The predicted molar refractivity (Wildman–Crippen MR) is 90.0 cm³/mol. The van der Waals surface area contributed by atoms with Crippen LogP contribution in [0.4, 0.5) is 0 Å². The standard InChI is InChI=1S/C19H24N2O/c1-2-22-18-9-7-16(8-10-18)19(20)14-21-12-11-15-5-3-4-6-17(15)13-21/h3-10,19H,2,11-14,20H2,1H3. The first-order valence-corrected chi connectivity index (χ1v) is 8.03. The summed E-state index contributed by atoms with van der Waals surface area (Å²) in [5.41, 5.74) is 10.5. The molecule has 0 radical (unpaired) electrons. The summed E-state index contributed by atoms with van der Waals surface area (Å²) in [5.74, 6) is 0.908. The van der Waals surface area contributed by atoms with Crippen molar-refractivity contribution in [3.8, 4) is 5.75 Å². The van der Waals surface area contributed by atoms with Crippen molar-refractivity contribution in [2.24, 2.45) is 5.73 Å². The average Bonchev–Trinajstić information content (AvgIpc) is 2.56. The number of hydrogen-bond donors (Lipinski definition) is 1. The molecule has 0 fully saturated rings. The minimum Gasteiger partial charge on any atom is -0.494 e. The molecule has 1 unspecified atom stereocenters. The van der Waals surface area contributed by atoms with Crippen molar-refractivity contribution in [3.05, 3.63) is 65.2 Å². The molecule has 1 aliphatic rings. The largest absolute Gasteiger partial charge is 0.494 e. The third-order valence-electron chi connectivity index (χ3n) is 4.28. The van der Waals surface area contributed by atoms with Gasteiger partial charge in [-0.15, -0.1) is 0 Å². The fourth-order valence-electron chi connectivity index (χ4n) is 3.07. The van der Waals surface area contributed by atoms with Gasteiger partial charge in [-0.2, -0.15) is 0 Å². The highest BCUT2D eigenvalue weighted by atomic mass is 16.5. The van der Waals surface area contributed by atoms with Gasteiger partial charge in [0.25, 0.3) is 0 Å². The van der Waals surface area contributed by atoms with E-state index in [1.54, 1.807) is 0 Å². The number of nitrogens with zero attached hydrogens (tertiary/aromatic N) is 1. The summed E-state index contributed by atoms with van der Waals surface area (Å²) in [6, 6.07) is 16.9. The second kappa shape index (κ2) is 6.95. The maximum atomic E-state index is 6.39. The topological polar surface area (TPSA) is 38.5 Å². The molecule has 116 valence electrons. The first-order chi connectivity index (χ1) is 10.8. The van der Waals surface area contributed by atoms with E-state index in [2.05, 4.69) is 41.3 Å². The molecule has 0 aliphatic carbocycles. The SMILES string of the molecule is CCOc1ccc(C(N)CN2CCc3ccccc3C2)cc1. The van der Waals surface area contributed by atoms with E-state index >= 15 is 0 Å². The zero-order chi connectivity index (χ0) is 15.4. The lowest BCUT2D eigenvalue weighted by Crippen LogP contribution is -2.36. The average molecular weight is 296 g/mol. The van der Waals surface area contributed by atoms with Crippen molar-refractivity contribution in [3.63, 3.8) is 0 Å². The maximum absolute atomic E-state index is 6.39. The Balaban J connectivity index is 1.61. The molecule has 0 amide bonds. The van der Waals surface area contributed by atoms with Gasteiger partial charge in [-0.3, -0.25) is 4.90 Å². The molecule has 0 bridgehead atoms. The minimum absolute atomic E-state index is 0.0425. The van der Waals surface area contributed by atoms with Crippen LogP contribution in [-0.4, -0.2) is 24.6 Å². The molecule has 3 heteroatoms. The van der Waals surface area contributed by atoms with Gasteiger partial charge in [0.05, 0.1) is 6.61 Å². The Bertz CT molecular complexity index is 609. The zero-order valence-corrected chi connectivity index (χ0v) is 13.2. The van der Waals surface area contributed by atoms with Gasteiger partial charge in [0.15, 0.2) is 0 Å². The monoisotopic (exact) mass is 296 g/mol. The molecule has 2 aromatic rings. The summed E-state index contributed by atoms with van der Waals surface area (Å²) in [4.78, 5) is 2.45. The van der Waals surface area contributed by atoms with Crippen LogP contribution in [0.25, 0.3) is 0 Å². The van der Waals surface area contributed by atoms with E-state index in [1.807, 2.05) is 19.1 Å². The van der Waals surface area contributed by atoms with E-state index in [4.69, 9.17) is 10.5 Å². The van der Waals surface area contributed by atoms with Crippen LogP contribution in [0.3, 0.4) is 0 Å². The van der Waals surface area contributed by atoms with Gasteiger partial charge in [0.2, 0.25) is 0 Å². The van der Waals surface area contributed by atoms with E-state index in [9.17, 15) is 0 Å². The Morgan fingerprint density at radius 2 is 1.82 bits per heavy atom. The summed E-state index contributed by atoms with van der Waals surface area (Å²) >= 11 is 0. The van der Waals surface area contributed by atoms with Crippen LogP contribution in [0.5, 0.6) is 5.75 Å². The van der Waals surface area contributed by atoms with Gasteiger partial charge in [-0.25, -0.2) is 0 Å². The Kier molecular flexibility index (Phi) is 4.76. The van der Waals surface area contributed by atoms with E-state index in [0.29, 0.717) is 6.61 Å². The van der Waals surface area contributed by atoms with Gasteiger partial charge >= 0.3 is 0 Å². The predicted octanol–water partition coefficient (Wildman–Crippen LogP) is 3.14. The summed E-state index contributed by atoms with van der Waals surface area (Å²) in [6.45, 7) is 5.66. The van der Waals surface area contributed by atoms with Crippen LogP contribution >= 0.6 is 0 Å². The minimum atomic E-state index is 0.0425. The van der Waals surface area contributed by atoms with E-state index in [-0.39, 0.29) is 6.04 Å². The molecule has 22 heavy (non-hydrogen) atoms. The van der Waals surface area contributed by atoms with Gasteiger partial charge in [-0.1, -0.05) is 36.4 Å². The Morgan fingerprint density at radius 3 is 2.55 bits per heavy atom. The smallest absolute Gasteiger partial charge is 0.119 e. The molecule has 0 saturated carbocycles. The number of nitrogens with two attached hydrogens (primary N) is 1. The van der Waals surface area contributed by atoms with Gasteiger partial charge < -0.3 is 10.5 Å². The molecular weight excluding hydrogens is 272 g/mol. The van der Waals surface area contributed by atoms with Crippen LogP contribution in [0.1, 0.15) is 29.7 Å². The molecule has 3 rings (SSSR count). The molecule has 0 spiro atoms. The van der Waals surface area contributed by atoms with E-state index < -0.39 is 0 Å². The third kappa shape index (κ3) is 3.49. The highest BCUT2D eigenvalue weighted by Crippen LogP contribution is 2.22. The summed E-state index contributed by atoms with van der Waals surface area (Å²) < 4.78 is 5.48. The first kappa shape index (κ1) is 15.1. The fraction of sp³-hybridized carbons (Fsp3) is 0.368. The molecular formula is C19H24N2O. The van der Waals surface area contributed by atoms with Gasteiger partial charge in [-0.05, 0) is 42.2 Å². The second-order valence-electron chi connectivity index (χ2n) is 5.86. The molecule has 0 saturated heterocycles. The quantitative estimate of drug-likeness (QED) is 0.921. The number of fused-ring (bicyclic) bond motifs is 1. The number of rotatable bonds is 5. The molecule has 0 aromatic heterocycles. The number of ether oxygens (including phenoxy) is 1. The van der Waals surface area contributed by atoms with Crippen molar-refractivity contribution in [1.82, 2.24) is 4.90 Å². The van der Waals surface area contributed by atoms with Gasteiger partial charge in [0, 0.05) is 25.7 Å². The van der Waals surface area contributed by atoms with Crippen molar-refractivity contribution in [2.45, 2.75) is 25.9 Å². The van der Waals surface area contributed by atoms with Crippen LogP contribution < -0.4 is 10.5 Å². The van der Waals surface area contributed by atoms with Crippen molar-refractivity contribution < 1.29 is 4.74 Å². The van der Waals surface area contributed by atoms with Crippen molar-refractivity contribution >= 4 is 0 Å². The lowest BCUT2D eigenvalue weighted by Gasteiger charge is -2.30. The molecule has 2 aromatic carbocycles. The van der Waals surface area contributed by atoms with Crippen LogP contribution in [0.2, 0.25) is 0 Å². The van der Waals surface area contributed by atoms with Crippen LogP contribution in [0.15, 0.2) is 48.5 Å². The maximum Gasteiger partial charge on any atom is 0.119 e. The Labute approximate surface area is 132 Å². The fourth-order valence-corrected chi connectivity index (χ4v) is 3.07. The number of hydrogen-bond acceptors (Lipinski definition) is 3. The normalized spacial score (nSPS) is 16.1. The summed E-state index contributed by atoms with van der Waals surface area (Å²) in [7, 11) is 0. The molecule has 1 heterocycles. The summed E-state index contributed by atoms with van der Waals surface area (Å²) in [6.07, 6.45) is 1.12. The van der Waals surface area contributed by atoms with Crippen molar-refractivity contribution in [2.75, 3.05) is 19.7 Å². The molecule has 2 N–H and O–H groups in total. The van der Waals surface area contributed by atoms with Crippen molar-refractivity contribution in [1.29, 1.82) is 0 Å². The zero-order valence-electron chi connectivity index (χ0n) is 13.2. The van der Waals surface area contributed by atoms with E-state index in [1.165, 1.54) is 16.7 Å². The second-order valence-corrected chi connectivity index (χ2v) is 5.86. The van der Waals surface area contributed by atoms with Gasteiger partial charge in [0.1, 0.15) is 5.75 Å². The molecule has 1 aliphatic heterocycles. The Hall–Kier alpha value is -1.84. The lowest BCUT2D eigenvalue weighted by atomic mass is 9.99. The van der Waals surface area contributed by atoms with Crippen LogP contribution in [-0.2, 0) is 13.0 Å². The number of benzene rings is 2. The van der Waals surface area contributed by atoms with E-state index in [0.717, 1.165) is 31.8 Å². The molecule has 3 nitrogen and oxygen atoms in total. The highest BCUT2D eigenvalue weighted by molar-refractivity contribution is 5.31. The highest BCUT2D eigenvalue weighted by Gasteiger charge is 2.18. The lowest BCUT2D eigenvalue weighted by molar-refractivity contribution is 0.239. The molecule has 1 atom stereocenters. The third-order valence-corrected chi connectivity index (χ3v) is 4.28.